The number of nitrogens with zero attached hydrogens (tertiary/aromatic N) is 3. The fraction of sp³-hybridized carbons (Fsp3) is 0.267. The van der Waals surface area contributed by atoms with Gasteiger partial charge in [-0.3, -0.25) is 4.79 Å². The van der Waals surface area contributed by atoms with Gasteiger partial charge in [-0.2, -0.15) is 0 Å². The fourth-order valence-corrected chi connectivity index (χ4v) is 1.92. The molecule has 21 heavy (non-hydrogen) atoms. The largest absolute Gasteiger partial charge is 0.348 e. The molecule has 0 saturated carbocycles. The molecule has 0 unspecified atom stereocenters. The number of hydrogen-bond donors (Lipinski definition) is 1. The Morgan fingerprint density at radius 3 is 2.67 bits per heavy atom. The highest BCUT2D eigenvalue weighted by molar-refractivity contribution is 5.93. The molecule has 5 nitrogen and oxygen atoms in total. The summed E-state index contributed by atoms with van der Waals surface area (Å²) in [7, 11) is 1.62. The summed E-state index contributed by atoms with van der Waals surface area (Å²) in [4.78, 5) is 21.2. The van der Waals surface area contributed by atoms with E-state index in [1.807, 2.05) is 25.1 Å². The summed E-state index contributed by atoms with van der Waals surface area (Å²) in [6.07, 6.45) is 1.79. The summed E-state index contributed by atoms with van der Waals surface area (Å²) in [6.45, 7) is 1.82. The molecule has 0 aliphatic rings. The van der Waals surface area contributed by atoms with E-state index in [1.165, 1.54) is 11.2 Å². The number of aromatic nitrogens is 2. The van der Waals surface area contributed by atoms with Gasteiger partial charge in [0, 0.05) is 12.7 Å². The molecule has 0 aliphatic carbocycles. The molecular formula is C15H17FN4O. The summed E-state index contributed by atoms with van der Waals surface area (Å²) in [5, 5.41) is 2.74. The lowest BCUT2D eigenvalue weighted by Crippen LogP contribution is -2.31. The van der Waals surface area contributed by atoms with Crippen molar-refractivity contribution in [1.82, 2.24) is 9.97 Å². The molecule has 0 radical (unpaired) electrons. The molecule has 6 heteroatoms. The highest BCUT2D eigenvalue weighted by Crippen LogP contribution is 2.17. The minimum atomic E-state index is -0.477. The number of para-hydroxylation sites is 1. The quantitative estimate of drug-likeness (QED) is 0.917. The zero-order valence-corrected chi connectivity index (χ0v) is 12.0. The van der Waals surface area contributed by atoms with Gasteiger partial charge in [0.1, 0.15) is 6.33 Å². The van der Waals surface area contributed by atoms with E-state index in [0.29, 0.717) is 17.8 Å². The summed E-state index contributed by atoms with van der Waals surface area (Å²) in [6, 6.07) is 9.11. The van der Waals surface area contributed by atoms with Crippen LogP contribution in [0.3, 0.4) is 0 Å². The second-order valence-electron chi connectivity index (χ2n) is 4.58. The minimum absolute atomic E-state index is 0.00593. The molecule has 0 saturated heterocycles. The Morgan fingerprint density at radius 2 is 2.00 bits per heavy atom. The average Bonchev–Trinajstić information content (AvgIpc) is 2.48. The van der Waals surface area contributed by atoms with Gasteiger partial charge in [0.25, 0.3) is 0 Å². The smallest absolute Gasteiger partial charge is 0.243 e. The summed E-state index contributed by atoms with van der Waals surface area (Å²) in [5.41, 5.74) is 1.05. The van der Waals surface area contributed by atoms with Crippen molar-refractivity contribution in [3.05, 3.63) is 48.2 Å². The lowest BCUT2D eigenvalue weighted by atomic mass is 10.3. The molecule has 1 heterocycles. The predicted molar refractivity (Wildman–Crippen MR) is 79.7 cm³/mol. The Labute approximate surface area is 122 Å². The lowest BCUT2D eigenvalue weighted by Gasteiger charge is -2.18. The van der Waals surface area contributed by atoms with E-state index >= 15 is 0 Å². The van der Waals surface area contributed by atoms with Crippen LogP contribution in [0, 0.1) is 5.82 Å². The highest BCUT2D eigenvalue weighted by atomic mass is 19.1. The van der Waals surface area contributed by atoms with E-state index in [4.69, 9.17) is 0 Å². The second kappa shape index (κ2) is 6.78. The third-order valence-electron chi connectivity index (χ3n) is 2.98. The Kier molecular flexibility index (Phi) is 4.81. The lowest BCUT2D eigenvalue weighted by molar-refractivity contribution is -0.114. The molecular weight excluding hydrogens is 271 g/mol. The minimum Gasteiger partial charge on any atom is -0.348 e. The number of rotatable bonds is 5. The van der Waals surface area contributed by atoms with Crippen LogP contribution in [0.25, 0.3) is 0 Å². The van der Waals surface area contributed by atoms with Gasteiger partial charge in [-0.15, -0.1) is 0 Å². The number of aryl methyl sites for hydroxylation is 1. The number of carbonyl (C=O) groups excluding carboxylic acids is 1. The van der Waals surface area contributed by atoms with Crippen molar-refractivity contribution in [2.75, 3.05) is 23.8 Å². The molecule has 1 aromatic carbocycles. The highest BCUT2D eigenvalue weighted by Gasteiger charge is 2.16. The van der Waals surface area contributed by atoms with Gasteiger partial charge in [-0.1, -0.05) is 25.1 Å². The molecule has 0 atom stereocenters. The number of anilines is 2. The number of amides is 1. The number of benzene rings is 1. The van der Waals surface area contributed by atoms with Gasteiger partial charge < -0.3 is 10.2 Å². The predicted octanol–water partition coefficient (Wildman–Crippen LogP) is 2.25. The fourth-order valence-electron chi connectivity index (χ4n) is 1.92. The maximum Gasteiger partial charge on any atom is 0.243 e. The zero-order chi connectivity index (χ0) is 15.2. The molecule has 1 N–H and O–H groups in total. The van der Waals surface area contributed by atoms with Crippen molar-refractivity contribution in [3.8, 4) is 0 Å². The topological polar surface area (TPSA) is 58.1 Å². The van der Waals surface area contributed by atoms with Crippen molar-refractivity contribution in [2.24, 2.45) is 0 Å². The van der Waals surface area contributed by atoms with E-state index in [2.05, 4.69) is 15.3 Å². The first kappa shape index (κ1) is 14.9. The Balaban J connectivity index is 2.04. The van der Waals surface area contributed by atoms with Gasteiger partial charge in [-0.05, 0) is 18.6 Å². The van der Waals surface area contributed by atoms with Crippen LogP contribution < -0.4 is 10.2 Å². The summed E-state index contributed by atoms with van der Waals surface area (Å²) < 4.78 is 14.1. The first-order valence-electron chi connectivity index (χ1n) is 6.67. The van der Waals surface area contributed by atoms with Gasteiger partial charge in [0.05, 0.1) is 12.2 Å². The van der Waals surface area contributed by atoms with Gasteiger partial charge in [0.15, 0.2) is 11.6 Å². The third-order valence-corrected chi connectivity index (χ3v) is 2.98. The maximum absolute atomic E-state index is 14.1. The van der Waals surface area contributed by atoms with Gasteiger partial charge in [0.2, 0.25) is 5.91 Å². The number of likely N-dealkylation sites (N-methyl/N-ethyl adjacent to an activating group) is 1. The zero-order valence-electron chi connectivity index (χ0n) is 12.0. The summed E-state index contributed by atoms with van der Waals surface area (Å²) >= 11 is 0. The van der Waals surface area contributed by atoms with Crippen molar-refractivity contribution in [2.45, 2.75) is 13.3 Å². The average molecular weight is 288 g/mol. The molecule has 110 valence electrons. The van der Waals surface area contributed by atoms with Gasteiger partial charge in [-0.25, -0.2) is 14.4 Å². The van der Waals surface area contributed by atoms with Crippen LogP contribution in [0.15, 0.2) is 36.7 Å². The van der Waals surface area contributed by atoms with E-state index in [1.54, 1.807) is 19.2 Å². The number of hydrogen-bond acceptors (Lipinski definition) is 4. The first-order valence-corrected chi connectivity index (χ1v) is 6.67. The van der Waals surface area contributed by atoms with Crippen LogP contribution in [0.2, 0.25) is 0 Å². The van der Waals surface area contributed by atoms with Gasteiger partial charge >= 0.3 is 0 Å². The molecule has 1 aromatic heterocycles. The van der Waals surface area contributed by atoms with Crippen molar-refractivity contribution >= 4 is 17.4 Å². The molecule has 0 bridgehead atoms. The Bertz CT molecular complexity index is 618. The monoisotopic (exact) mass is 288 g/mol. The van der Waals surface area contributed by atoms with Crippen molar-refractivity contribution in [3.63, 3.8) is 0 Å². The normalized spacial score (nSPS) is 10.2. The first-order chi connectivity index (χ1) is 10.1. The molecule has 0 aliphatic heterocycles. The molecule has 0 spiro atoms. The molecule has 2 rings (SSSR count). The van der Waals surface area contributed by atoms with E-state index < -0.39 is 5.82 Å². The second-order valence-corrected chi connectivity index (χ2v) is 4.58. The van der Waals surface area contributed by atoms with Crippen molar-refractivity contribution < 1.29 is 9.18 Å². The van der Waals surface area contributed by atoms with Crippen molar-refractivity contribution in [1.29, 1.82) is 0 Å². The van der Waals surface area contributed by atoms with Crippen LogP contribution in [0.1, 0.15) is 12.6 Å². The SMILES string of the molecule is CCc1ncnc(N(C)CC(=O)Nc2ccccc2)c1F. The molecule has 1 amide bonds. The third kappa shape index (κ3) is 3.75. The van der Waals surface area contributed by atoms with Crippen LogP contribution >= 0.6 is 0 Å². The Hall–Kier alpha value is -2.50. The van der Waals surface area contributed by atoms with Crippen LogP contribution in [-0.4, -0.2) is 29.5 Å². The van der Waals surface area contributed by atoms with Crippen LogP contribution in [-0.2, 0) is 11.2 Å². The number of halogens is 1. The summed E-state index contributed by atoms with van der Waals surface area (Å²) in [5.74, 6) is -0.583. The van der Waals surface area contributed by atoms with Crippen LogP contribution in [0.5, 0.6) is 0 Å². The Morgan fingerprint density at radius 1 is 1.29 bits per heavy atom. The van der Waals surface area contributed by atoms with Crippen LogP contribution in [0.4, 0.5) is 15.9 Å². The van der Waals surface area contributed by atoms with E-state index in [-0.39, 0.29) is 18.3 Å². The number of nitrogens with one attached hydrogen (secondary N) is 1. The van der Waals surface area contributed by atoms with E-state index in [0.717, 1.165) is 0 Å². The molecule has 2 aromatic rings. The maximum atomic E-state index is 14.1. The standard InChI is InChI=1S/C15H17FN4O/c1-3-12-14(16)15(18-10-17-12)20(2)9-13(21)19-11-7-5-4-6-8-11/h4-8,10H,3,9H2,1-2H3,(H,19,21). The van der Waals surface area contributed by atoms with E-state index in [9.17, 15) is 9.18 Å². The number of carbonyl (C=O) groups is 1. The molecule has 0 fully saturated rings.